The van der Waals surface area contributed by atoms with Crippen LogP contribution in [0, 0.1) is 0 Å². The number of hydrogen-bond acceptors (Lipinski definition) is 2. The molecule has 0 bridgehead atoms. The minimum absolute atomic E-state index is 0.746. The van der Waals surface area contributed by atoms with E-state index >= 15 is 0 Å². The standard InChI is InChI=1S/C27H22ClNO/c1-30-27-19-17-26(18-20-27)29(24-5-3-2-4-6-24)25-15-11-22(12-16-25)8-7-21-9-13-23(28)14-10-21/h2-20H,1H3/b8-7+. The number of methoxy groups -OCH3 is 1. The third-order valence-corrected chi connectivity index (χ3v) is 5.09. The Morgan fingerprint density at radius 2 is 1.07 bits per heavy atom. The molecule has 4 aromatic rings. The van der Waals surface area contributed by atoms with E-state index in [-0.39, 0.29) is 0 Å². The van der Waals surface area contributed by atoms with Crippen LogP contribution in [0.25, 0.3) is 12.2 Å². The number of halogens is 1. The van der Waals surface area contributed by atoms with Crippen molar-refractivity contribution in [1.82, 2.24) is 0 Å². The molecule has 0 aliphatic heterocycles. The van der Waals surface area contributed by atoms with E-state index in [1.165, 1.54) is 0 Å². The predicted molar refractivity (Wildman–Crippen MR) is 128 cm³/mol. The number of rotatable bonds is 6. The summed E-state index contributed by atoms with van der Waals surface area (Å²) < 4.78 is 5.31. The summed E-state index contributed by atoms with van der Waals surface area (Å²) in [6, 6.07) is 34.8. The average molecular weight is 412 g/mol. The minimum atomic E-state index is 0.746. The molecule has 0 atom stereocenters. The number of nitrogens with zero attached hydrogens (tertiary/aromatic N) is 1. The third-order valence-electron chi connectivity index (χ3n) is 4.83. The quantitative estimate of drug-likeness (QED) is 0.298. The number of ether oxygens (including phenoxy) is 1. The molecule has 0 amide bonds. The Hall–Kier alpha value is -3.49. The highest BCUT2D eigenvalue weighted by atomic mass is 35.5. The van der Waals surface area contributed by atoms with Gasteiger partial charge in [-0.25, -0.2) is 0 Å². The van der Waals surface area contributed by atoms with E-state index in [9.17, 15) is 0 Å². The van der Waals surface area contributed by atoms with Gasteiger partial charge >= 0.3 is 0 Å². The average Bonchev–Trinajstić information content (AvgIpc) is 2.81. The van der Waals surface area contributed by atoms with Gasteiger partial charge in [-0.05, 0) is 71.8 Å². The van der Waals surface area contributed by atoms with Crippen molar-refractivity contribution < 1.29 is 4.74 Å². The van der Waals surface area contributed by atoms with Gasteiger partial charge in [0.05, 0.1) is 7.11 Å². The second-order valence-corrected chi connectivity index (χ2v) is 7.28. The van der Waals surface area contributed by atoms with Crippen molar-refractivity contribution in [1.29, 1.82) is 0 Å². The molecule has 0 radical (unpaired) electrons. The fourth-order valence-electron chi connectivity index (χ4n) is 3.26. The van der Waals surface area contributed by atoms with Gasteiger partial charge in [-0.3, -0.25) is 0 Å². The van der Waals surface area contributed by atoms with Gasteiger partial charge in [0.2, 0.25) is 0 Å². The first-order valence-corrected chi connectivity index (χ1v) is 10.1. The Balaban J connectivity index is 1.63. The minimum Gasteiger partial charge on any atom is -0.497 e. The molecule has 30 heavy (non-hydrogen) atoms. The van der Waals surface area contributed by atoms with E-state index in [0.29, 0.717) is 0 Å². The molecule has 0 aromatic heterocycles. The molecule has 4 aromatic carbocycles. The number of hydrogen-bond donors (Lipinski definition) is 0. The molecule has 148 valence electrons. The Labute approximate surface area is 182 Å². The van der Waals surface area contributed by atoms with Gasteiger partial charge in [-0.15, -0.1) is 0 Å². The topological polar surface area (TPSA) is 12.5 Å². The van der Waals surface area contributed by atoms with Gasteiger partial charge in [0, 0.05) is 22.1 Å². The zero-order valence-corrected chi connectivity index (χ0v) is 17.5. The zero-order valence-electron chi connectivity index (χ0n) is 16.7. The molecule has 0 fully saturated rings. The maximum absolute atomic E-state index is 5.96. The van der Waals surface area contributed by atoms with Crippen LogP contribution in [0.5, 0.6) is 5.75 Å². The van der Waals surface area contributed by atoms with Crippen LogP contribution in [0.3, 0.4) is 0 Å². The van der Waals surface area contributed by atoms with E-state index in [1.807, 2.05) is 42.5 Å². The summed E-state index contributed by atoms with van der Waals surface area (Å²) in [5.74, 6) is 0.842. The first kappa shape index (κ1) is 19.8. The molecule has 0 spiro atoms. The summed E-state index contributed by atoms with van der Waals surface area (Å²) >= 11 is 5.96. The molecule has 0 heterocycles. The number of anilines is 3. The molecule has 0 N–H and O–H groups in total. The highest BCUT2D eigenvalue weighted by Gasteiger charge is 2.12. The fraction of sp³-hybridized carbons (Fsp3) is 0.0370. The lowest BCUT2D eigenvalue weighted by molar-refractivity contribution is 0.415. The first-order valence-electron chi connectivity index (χ1n) is 9.76. The highest BCUT2D eigenvalue weighted by molar-refractivity contribution is 6.30. The molecule has 0 aliphatic carbocycles. The van der Waals surface area contributed by atoms with Crippen molar-refractivity contribution in [3.05, 3.63) is 119 Å². The van der Waals surface area contributed by atoms with Crippen LogP contribution in [0.15, 0.2) is 103 Å². The van der Waals surface area contributed by atoms with Gasteiger partial charge in [0.25, 0.3) is 0 Å². The van der Waals surface area contributed by atoms with E-state index in [2.05, 4.69) is 77.7 Å². The summed E-state index contributed by atoms with van der Waals surface area (Å²) in [4.78, 5) is 2.23. The van der Waals surface area contributed by atoms with Crippen LogP contribution in [0.1, 0.15) is 11.1 Å². The van der Waals surface area contributed by atoms with E-state index in [4.69, 9.17) is 16.3 Å². The van der Waals surface area contributed by atoms with Crippen molar-refractivity contribution in [3.63, 3.8) is 0 Å². The summed E-state index contributed by atoms with van der Waals surface area (Å²) in [7, 11) is 1.68. The smallest absolute Gasteiger partial charge is 0.119 e. The lowest BCUT2D eigenvalue weighted by Crippen LogP contribution is -2.09. The summed E-state index contributed by atoms with van der Waals surface area (Å²) in [6.45, 7) is 0. The molecule has 2 nitrogen and oxygen atoms in total. The SMILES string of the molecule is COc1ccc(N(c2ccccc2)c2ccc(/C=C/c3ccc(Cl)cc3)cc2)cc1. The van der Waals surface area contributed by atoms with Gasteiger partial charge < -0.3 is 9.64 Å². The van der Waals surface area contributed by atoms with Gasteiger partial charge in [-0.2, -0.15) is 0 Å². The zero-order chi connectivity index (χ0) is 20.8. The normalized spacial score (nSPS) is 10.9. The van der Waals surface area contributed by atoms with Gasteiger partial charge in [0.1, 0.15) is 5.75 Å². The molecular weight excluding hydrogens is 390 g/mol. The molecule has 3 heteroatoms. The molecule has 0 unspecified atom stereocenters. The van der Waals surface area contributed by atoms with Crippen LogP contribution >= 0.6 is 11.6 Å². The molecular formula is C27H22ClNO. The van der Waals surface area contributed by atoms with Gasteiger partial charge in [0.15, 0.2) is 0 Å². The summed E-state index contributed by atoms with van der Waals surface area (Å²) in [5.41, 5.74) is 5.53. The second-order valence-electron chi connectivity index (χ2n) is 6.85. The monoisotopic (exact) mass is 411 g/mol. The van der Waals surface area contributed by atoms with Crippen LogP contribution < -0.4 is 9.64 Å². The van der Waals surface area contributed by atoms with Crippen molar-refractivity contribution in [2.75, 3.05) is 12.0 Å². The van der Waals surface area contributed by atoms with Crippen molar-refractivity contribution in [3.8, 4) is 5.75 Å². The Bertz CT molecular complexity index is 1100. The fourth-order valence-corrected chi connectivity index (χ4v) is 3.38. The van der Waals surface area contributed by atoms with Crippen molar-refractivity contribution in [2.24, 2.45) is 0 Å². The maximum Gasteiger partial charge on any atom is 0.119 e. The van der Waals surface area contributed by atoms with Crippen LogP contribution in [-0.4, -0.2) is 7.11 Å². The Kier molecular flexibility index (Phi) is 6.17. The number of benzene rings is 4. The Morgan fingerprint density at radius 1 is 0.600 bits per heavy atom. The first-order chi connectivity index (χ1) is 14.7. The largest absolute Gasteiger partial charge is 0.497 e. The third kappa shape index (κ3) is 4.73. The van der Waals surface area contributed by atoms with Crippen molar-refractivity contribution >= 4 is 40.8 Å². The lowest BCUT2D eigenvalue weighted by Gasteiger charge is -2.25. The number of para-hydroxylation sites is 1. The maximum atomic E-state index is 5.96. The highest BCUT2D eigenvalue weighted by Crippen LogP contribution is 2.35. The lowest BCUT2D eigenvalue weighted by atomic mass is 10.1. The van der Waals surface area contributed by atoms with Crippen LogP contribution in [0.4, 0.5) is 17.1 Å². The Morgan fingerprint density at radius 3 is 1.60 bits per heavy atom. The van der Waals surface area contributed by atoms with Crippen LogP contribution in [0.2, 0.25) is 5.02 Å². The second kappa shape index (κ2) is 9.34. The van der Waals surface area contributed by atoms with E-state index < -0.39 is 0 Å². The molecule has 0 aliphatic rings. The summed E-state index contributed by atoms with van der Waals surface area (Å²) in [5, 5.41) is 0.746. The summed E-state index contributed by atoms with van der Waals surface area (Å²) in [6.07, 6.45) is 4.19. The molecule has 4 rings (SSSR count). The van der Waals surface area contributed by atoms with E-state index in [1.54, 1.807) is 7.11 Å². The van der Waals surface area contributed by atoms with E-state index in [0.717, 1.165) is 39.0 Å². The predicted octanol–water partition coefficient (Wildman–Crippen LogP) is 7.99. The van der Waals surface area contributed by atoms with Crippen LogP contribution in [-0.2, 0) is 0 Å². The van der Waals surface area contributed by atoms with Crippen molar-refractivity contribution in [2.45, 2.75) is 0 Å². The van der Waals surface area contributed by atoms with Gasteiger partial charge in [-0.1, -0.05) is 66.2 Å². The molecule has 0 saturated heterocycles. The molecule has 0 saturated carbocycles.